The third-order valence-electron chi connectivity index (χ3n) is 6.05. The summed E-state index contributed by atoms with van der Waals surface area (Å²) in [5.74, 6) is -0.824. The van der Waals surface area contributed by atoms with Crippen LogP contribution in [0, 0.1) is 0 Å². The number of carboxylic acid groups (broad SMARTS) is 1. The molecule has 35 heavy (non-hydrogen) atoms. The number of fused-ring (bicyclic) bond motifs is 1. The Balaban J connectivity index is 1.78. The lowest BCUT2D eigenvalue weighted by atomic mass is 9.93. The normalized spacial score (nSPS) is 11.2. The minimum absolute atomic E-state index is 0.00523. The van der Waals surface area contributed by atoms with Crippen molar-refractivity contribution in [1.29, 1.82) is 0 Å². The molecule has 0 radical (unpaired) electrons. The molecule has 3 N–H and O–H groups in total. The molecular formula is C28H28ClN3O3. The topological polar surface area (TPSA) is 95.1 Å². The number of nitrogens with one attached hydrogen (secondary N) is 2. The SMILES string of the molecule is CCCC(CCC)NC(=O)c1ccc(-c2c(Cl)cccc2-c2nc3ccccc3[nH]2)c(C(=O)O)c1. The fraction of sp³-hybridized carbons (Fsp3) is 0.250. The smallest absolute Gasteiger partial charge is 0.336 e. The molecular weight excluding hydrogens is 462 g/mol. The number of carbonyl (C=O) groups excluding carboxylic acids is 1. The number of amides is 1. The molecule has 4 aromatic rings. The summed E-state index contributed by atoms with van der Waals surface area (Å²) in [4.78, 5) is 33.2. The van der Waals surface area contributed by atoms with E-state index in [1.54, 1.807) is 24.3 Å². The molecule has 0 aliphatic carbocycles. The lowest BCUT2D eigenvalue weighted by molar-refractivity contribution is 0.0697. The second-order valence-corrected chi connectivity index (χ2v) is 8.99. The highest BCUT2D eigenvalue weighted by molar-refractivity contribution is 6.34. The summed E-state index contributed by atoms with van der Waals surface area (Å²) in [6, 6.07) is 17.8. The van der Waals surface area contributed by atoms with Gasteiger partial charge in [-0.3, -0.25) is 4.79 Å². The average molecular weight is 490 g/mol. The standard InChI is InChI=1S/C28H28ClN3O3/c1-3-8-18(9-4-2)30-27(33)17-14-15-19(21(16-17)28(34)35)25-20(10-7-11-22(25)29)26-31-23-12-5-6-13-24(23)32-26/h5-7,10-16,18H,3-4,8-9H2,1-2H3,(H,30,33)(H,31,32)(H,34,35). The summed E-state index contributed by atoms with van der Waals surface area (Å²) in [7, 11) is 0. The summed E-state index contributed by atoms with van der Waals surface area (Å²) in [5, 5.41) is 13.5. The minimum Gasteiger partial charge on any atom is -0.478 e. The number of para-hydroxylation sites is 2. The highest BCUT2D eigenvalue weighted by Gasteiger charge is 2.22. The number of rotatable bonds is 9. The Hall–Kier alpha value is -3.64. The second-order valence-electron chi connectivity index (χ2n) is 8.58. The van der Waals surface area contributed by atoms with Crippen molar-refractivity contribution in [3.63, 3.8) is 0 Å². The summed E-state index contributed by atoms with van der Waals surface area (Å²) in [6.07, 6.45) is 3.68. The van der Waals surface area contributed by atoms with Gasteiger partial charge in [-0.05, 0) is 48.7 Å². The number of benzene rings is 3. The summed E-state index contributed by atoms with van der Waals surface area (Å²) < 4.78 is 0. The number of aromatic carboxylic acids is 1. The molecule has 1 aromatic heterocycles. The number of carbonyl (C=O) groups is 2. The summed E-state index contributed by atoms with van der Waals surface area (Å²) in [5.41, 5.74) is 3.63. The van der Waals surface area contributed by atoms with Gasteiger partial charge in [-0.1, -0.05) is 68.6 Å². The van der Waals surface area contributed by atoms with Crippen LogP contribution in [0.15, 0.2) is 60.7 Å². The molecule has 0 aliphatic rings. The van der Waals surface area contributed by atoms with Gasteiger partial charge in [0.15, 0.2) is 0 Å². The Morgan fingerprint density at radius 1 is 1.00 bits per heavy atom. The van der Waals surface area contributed by atoms with Crippen molar-refractivity contribution >= 4 is 34.5 Å². The fourth-order valence-corrected chi connectivity index (χ4v) is 4.69. The first kappa shape index (κ1) is 24.5. The number of hydrogen-bond acceptors (Lipinski definition) is 3. The Morgan fingerprint density at radius 2 is 1.74 bits per heavy atom. The van der Waals surface area contributed by atoms with Gasteiger partial charge >= 0.3 is 5.97 Å². The number of hydrogen-bond donors (Lipinski definition) is 3. The van der Waals surface area contributed by atoms with Gasteiger partial charge in [0.25, 0.3) is 5.91 Å². The van der Waals surface area contributed by atoms with Gasteiger partial charge in [-0.15, -0.1) is 0 Å². The molecule has 180 valence electrons. The van der Waals surface area contributed by atoms with E-state index >= 15 is 0 Å². The molecule has 1 amide bonds. The van der Waals surface area contributed by atoms with Crippen LogP contribution in [0.25, 0.3) is 33.5 Å². The predicted octanol–water partition coefficient (Wildman–Crippen LogP) is 6.95. The molecule has 3 aromatic carbocycles. The molecule has 0 saturated heterocycles. The van der Waals surface area contributed by atoms with Crippen molar-refractivity contribution < 1.29 is 14.7 Å². The van der Waals surface area contributed by atoms with Crippen LogP contribution in [-0.2, 0) is 0 Å². The van der Waals surface area contributed by atoms with Gasteiger partial charge in [-0.25, -0.2) is 9.78 Å². The van der Waals surface area contributed by atoms with Crippen molar-refractivity contribution in [3.05, 3.63) is 76.8 Å². The zero-order valence-electron chi connectivity index (χ0n) is 19.8. The van der Waals surface area contributed by atoms with E-state index in [0.717, 1.165) is 36.7 Å². The fourth-order valence-electron chi connectivity index (χ4n) is 4.41. The maximum Gasteiger partial charge on any atom is 0.336 e. The number of halogens is 1. The number of carboxylic acids is 1. The first-order valence-electron chi connectivity index (χ1n) is 11.8. The van der Waals surface area contributed by atoms with E-state index in [-0.39, 0.29) is 17.5 Å². The van der Waals surface area contributed by atoms with Crippen LogP contribution < -0.4 is 5.32 Å². The van der Waals surface area contributed by atoms with Crippen LogP contribution in [0.4, 0.5) is 0 Å². The molecule has 0 spiro atoms. The maximum atomic E-state index is 12.9. The number of H-pyrrole nitrogens is 1. The van der Waals surface area contributed by atoms with Crippen molar-refractivity contribution in [1.82, 2.24) is 15.3 Å². The van der Waals surface area contributed by atoms with Gasteiger partial charge in [-0.2, -0.15) is 0 Å². The zero-order chi connectivity index (χ0) is 24.9. The van der Waals surface area contributed by atoms with E-state index in [1.165, 1.54) is 6.07 Å². The Bertz CT molecular complexity index is 1340. The van der Waals surface area contributed by atoms with Crippen LogP contribution in [0.2, 0.25) is 5.02 Å². The van der Waals surface area contributed by atoms with Gasteiger partial charge in [0.2, 0.25) is 0 Å². The lowest BCUT2D eigenvalue weighted by Crippen LogP contribution is -2.34. The minimum atomic E-state index is -1.14. The van der Waals surface area contributed by atoms with Crippen molar-refractivity contribution in [2.24, 2.45) is 0 Å². The molecule has 0 unspecified atom stereocenters. The van der Waals surface area contributed by atoms with Crippen molar-refractivity contribution in [2.75, 3.05) is 0 Å². The predicted molar refractivity (Wildman–Crippen MR) is 140 cm³/mol. The lowest BCUT2D eigenvalue weighted by Gasteiger charge is -2.18. The molecule has 1 heterocycles. The largest absolute Gasteiger partial charge is 0.478 e. The first-order chi connectivity index (χ1) is 16.9. The van der Waals surface area contributed by atoms with E-state index in [9.17, 15) is 14.7 Å². The molecule has 7 heteroatoms. The molecule has 0 saturated carbocycles. The monoisotopic (exact) mass is 489 g/mol. The van der Waals surface area contributed by atoms with Gasteiger partial charge in [0, 0.05) is 27.8 Å². The Morgan fingerprint density at radius 3 is 2.43 bits per heavy atom. The van der Waals surface area contributed by atoms with Crippen LogP contribution in [0.5, 0.6) is 0 Å². The van der Waals surface area contributed by atoms with E-state index in [4.69, 9.17) is 11.6 Å². The molecule has 0 fully saturated rings. The summed E-state index contributed by atoms with van der Waals surface area (Å²) >= 11 is 6.62. The van der Waals surface area contributed by atoms with Crippen LogP contribution >= 0.6 is 11.6 Å². The van der Waals surface area contributed by atoms with Crippen molar-refractivity contribution in [2.45, 2.75) is 45.6 Å². The number of imidazole rings is 1. The third-order valence-corrected chi connectivity index (χ3v) is 6.36. The van der Waals surface area contributed by atoms with E-state index in [0.29, 0.717) is 33.1 Å². The van der Waals surface area contributed by atoms with E-state index in [2.05, 4.69) is 29.1 Å². The van der Waals surface area contributed by atoms with Crippen molar-refractivity contribution in [3.8, 4) is 22.5 Å². The van der Waals surface area contributed by atoms with Crippen LogP contribution in [-0.4, -0.2) is 33.0 Å². The number of aromatic amines is 1. The Kier molecular flexibility index (Phi) is 7.51. The first-order valence-corrected chi connectivity index (χ1v) is 12.2. The number of aromatic nitrogens is 2. The Labute approximate surface area is 209 Å². The zero-order valence-corrected chi connectivity index (χ0v) is 20.5. The molecule has 0 atom stereocenters. The number of nitrogens with zero attached hydrogens (tertiary/aromatic N) is 1. The molecule has 0 bridgehead atoms. The average Bonchev–Trinajstić information content (AvgIpc) is 3.28. The van der Waals surface area contributed by atoms with Crippen LogP contribution in [0.3, 0.4) is 0 Å². The third kappa shape index (κ3) is 5.23. The highest BCUT2D eigenvalue weighted by Crippen LogP contribution is 2.39. The van der Waals surface area contributed by atoms with Crippen LogP contribution in [0.1, 0.15) is 60.2 Å². The molecule has 6 nitrogen and oxygen atoms in total. The summed E-state index contributed by atoms with van der Waals surface area (Å²) in [6.45, 7) is 4.16. The quantitative estimate of drug-likeness (QED) is 0.237. The van der Waals surface area contributed by atoms with E-state index < -0.39 is 5.97 Å². The molecule has 4 rings (SSSR count). The van der Waals surface area contributed by atoms with E-state index in [1.807, 2.05) is 30.3 Å². The van der Waals surface area contributed by atoms with Gasteiger partial charge < -0.3 is 15.4 Å². The van der Waals surface area contributed by atoms with Gasteiger partial charge in [0.05, 0.1) is 16.6 Å². The molecule has 0 aliphatic heterocycles. The highest BCUT2D eigenvalue weighted by atomic mass is 35.5. The maximum absolute atomic E-state index is 12.9. The van der Waals surface area contributed by atoms with Gasteiger partial charge in [0.1, 0.15) is 5.82 Å². The second kappa shape index (κ2) is 10.7.